The highest BCUT2D eigenvalue weighted by Crippen LogP contribution is 2.35. The van der Waals surface area contributed by atoms with Crippen LogP contribution in [0, 0.1) is 0 Å². The Labute approximate surface area is 163 Å². The van der Waals surface area contributed by atoms with Crippen LogP contribution < -0.4 is 14.8 Å². The SMILES string of the molecule is CCCCCOc1nc(Nc2ccc(OC(C)CC)cc2)ncc1C(F)(F)F. The van der Waals surface area contributed by atoms with Crippen molar-refractivity contribution < 1.29 is 22.6 Å². The average molecular weight is 397 g/mol. The Balaban J connectivity index is 2.12. The molecule has 1 atom stereocenters. The van der Waals surface area contributed by atoms with Gasteiger partial charge >= 0.3 is 6.18 Å². The Bertz CT molecular complexity index is 736. The van der Waals surface area contributed by atoms with Gasteiger partial charge in [0.1, 0.15) is 11.3 Å². The maximum Gasteiger partial charge on any atom is 0.423 e. The summed E-state index contributed by atoms with van der Waals surface area (Å²) in [7, 11) is 0. The normalized spacial score (nSPS) is 12.5. The first-order chi connectivity index (χ1) is 13.3. The van der Waals surface area contributed by atoms with Gasteiger partial charge in [0, 0.05) is 11.9 Å². The lowest BCUT2D eigenvalue weighted by Crippen LogP contribution is -2.13. The van der Waals surface area contributed by atoms with Crippen molar-refractivity contribution in [2.45, 2.75) is 58.7 Å². The quantitative estimate of drug-likeness (QED) is 0.500. The van der Waals surface area contributed by atoms with Crippen LogP contribution in [0.2, 0.25) is 0 Å². The molecule has 2 aromatic rings. The van der Waals surface area contributed by atoms with Gasteiger partial charge in [0.15, 0.2) is 0 Å². The van der Waals surface area contributed by atoms with E-state index in [9.17, 15) is 13.2 Å². The van der Waals surface area contributed by atoms with Crippen molar-refractivity contribution in [1.29, 1.82) is 0 Å². The van der Waals surface area contributed by atoms with Gasteiger partial charge in [0.05, 0.1) is 12.7 Å². The molecule has 28 heavy (non-hydrogen) atoms. The molecular weight excluding hydrogens is 371 g/mol. The van der Waals surface area contributed by atoms with Crippen molar-refractivity contribution >= 4 is 11.6 Å². The topological polar surface area (TPSA) is 56.3 Å². The standard InChI is InChI=1S/C20H26F3N3O2/c1-4-6-7-12-27-18-17(20(21,22)23)13-24-19(26-18)25-15-8-10-16(11-9-15)28-14(3)5-2/h8-11,13-14H,4-7,12H2,1-3H3,(H,24,25,26). The summed E-state index contributed by atoms with van der Waals surface area (Å²) in [6, 6.07) is 7.06. The summed E-state index contributed by atoms with van der Waals surface area (Å²) in [5, 5.41) is 2.89. The molecule has 0 aliphatic rings. The molecular formula is C20H26F3N3O2. The number of anilines is 2. The van der Waals surface area contributed by atoms with Gasteiger partial charge in [-0.3, -0.25) is 0 Å². The van der Waals surface area contributed by atoms with Crippen molar-refractivity contribution in [3.8, 4) is 11.6 Å². The van der Waals surface area contributed by atoms with E-state index in [2.05, 4.69) is 15.3 Å². The monoisotopic (exact) mass is 397 g/mol. The summed E-state index contributed by atoms with van der Waals surface area (Å²) in [6.45, 7) is 6.19. The third-order valence-corrected chi connectivity index (χ3v) is 4.07. The van der Waals surface area contributed by atoms with E-state index in [4.69, 9.17) is 9.47 Å². The molecule has 1 heterocycles. The number of unbranched alkanes of at least 4 members (excludes halogenated alkanes) is 2. The predicted molar refractivity (Wildman–Crippen MR) is 102 cm³/mol. The Morgan fingerprint density at radius 3 is 2.43 bits per heavy atom. The minimum Gasteiger partial charge on any atom is -0.491 e. The number of hydrogen-bond donors (Lipinski definition) is 1. The molecule has 154 valence electrons. The molecule has 5 nitrogen and oxygen atoms in total. The summed E-state index contributed by atoms with van der Waals surface area (Å²) >= 11 is 0. The van der Waals surface area contributed by atoms with Gasteiger partial charge in [-0.15, -0.1) is 0 Å². The maximum atomic E-state index is 13.2. The average Bonchev–Trinajstić information content (AvgIpc) is 2.66. The first-order valence-corrected chi connectivity index (χ1v) is 9.44. The number of alkyl halides is 3. The van der Waals surface area contributed by atoms with Crippen LogP contribution in [0.1, 0.15) is 52.0 Å². The van der Waals surface area contributed by atoms with Crippen molar-refractivity contribution in [1.82, 2.24) is 9.97 Å². The van der Waals surface area contributed by atoms with Crippen LogP contribution in [0.15, 0.2) is 30.5 Å². The fourth-order valence-corrected chi connectivity index (χ4v) is 2.31. The van der Waals surface area contributed by atoms with Crippen molar-refractivity contribution in [3.63, 3.8) is 0 Å². The van der Waals surface area contributed by atoms with Gasteiger partial charge in [-0.2, -0.15) is 18.2 Å². The number of halogens is 3. The summed E-state index contributed by atoms with van der Waals surface area (Å²) < 4.78 is 50.5. The van der Waals surface area contributed by atoms with Crippen LogP contribution in [0.4, 0.5) is 24.8 Å². The molecule has 0 aliphatic carbocycles. The van der Waals surface area contributed by atoms with Crippen LogP contribution in [0.5, 0.6) is 11.6 Å². The van der Waals surface area contributed by atoms with Crippen molar-refractivity contribution in [2.75, 3.05) is 11.9 Å². The molecule has 1 aromatic carbocycles. The highest BCUT2D eigenvalue weighted by atomic mass is 19.4. The molecule has 0 saturated heterocycles. The second-order valence-corrected chi connectivity index (χ2v) is 6.45. The molecule has 0 aliphatic heterocycles. The molecule has 8 heteroatoms. The number of nitrogens with one attached hydrogen (secondary N) is 1. The maximum absolute atomic E-state index is 13.2. The van der Waals surface area contributed by atoms with Gasteiger partial charge in [-0.1, -0.05) is 26.7 Å². The second-order valence-electron chi connectivity index (χ2n) is 6.45. The van der Waals surface area contributed by atoms with Crippen molar-refractivity contribution in [2.24, 2.45) is 0 Å². The number of rotatable bonds is 10. The van der Waals surface area contributed by atoms with Crippen LogP contribution >= 0.6 is 0 Å². The third kappa shape index (κ3) is 6.58. The van der Waals surface area contributed by atoms with Gasteiger partial charge in [-0.05, 0) is 44.0 Å². The zero-order valence-electron chi connectivity index (χ0n) is 16.3. The Morgan fingerprint density at radius 1 is 1.11 bits per heavy atom. The minimum absolute atomic E-state index is 0.0362. The van der Waals surface area contributed by atoms with E-state index in [0.717, 1.165) is 25.5 Å². The number of nitrogens with zero attached hydrogens (tertiary/aromatic N) is 2. The van der Waals surface area contributed by atoms with E-state index < -0.39 is 17.6 Å². The highest BCUT2D eigenvalue weighted by molar-refractivity contribution is 5.55. The number of hydrogen-bond acceptors (Lipinski definition) is 5. The molecule has 0 saturated carbocycles. The lowest BCUT2D eigenvalue weighted by molar-refractivity contribution is -0.139. The van der Waals surface area contributed by atoms with Gasteiger partial charge < -0.3 is 14.8 Å². The zero-order chi connectivity index (χ0) is 20.6. The fourth-order valence-electron chi connectivity index (χ4n) is 2.31. The number of aromatic nitrogens is 2. The molecule has 2 rings (SSSR count). The zero-order valence-corrected chi connectivity index (χ0v) is 16.3. The van der Waals surface area contributed by atoms with Crippen LogP contribution in [-0.2, 0) is 6.18 Å². The summed E-state index contributed by atoms with van der Waals surface area (Å²) in [4.78, 5) is 7.70. The third-order valence-electron chi connectivity index (χ3n) is 4.07. The largest absolute Gasteiger partial charge is 0.491 e. The number of benzene rings is 1. The molecule has 1 unspecified atom stereocenters. The Kier molecular flexibility index (Phi) is 7.90. The van der Waals surface area contributed by atoms with Crippen LogP contribution in [-0.4, -0.2) is 22.7 Å². The van der Waals surface area contributed by atoms with Crippen LogP contribution in [0.3, 0.4) is 0 Å². The van der Waals surface area contributed by atoms with Gasteiger partial charge in [-0.25, -0.2) is 4.98 Å². The molecule has 1 N–H and O–H groups in total. The Hall–Kier alpha value is -2.51. The molecule has 1 aromatic heterocycles. The molecule has 0 fully saturated rings. The predicted octanol–water partition coefficient (Wildman–Crippen LogP) is 5.99. The van der Waals surface area contributed by atoms with E-state index in [0.29, 0.717) is 17.9 Å². The molecule has 0 bridgehead atoms. The minimum atomic E-state index is -4.58. The van der Waals surface area contributed by atoms with E-state index in [1.165, 1.54) is 0 Å². The van der Waals surface area contributed by atoms with Crippen LogP contribution in [0.25, 0.3) is 0 Å². The van der Waals surface area contributed by atoms with E-state index in [1.54, 1.807) is 24.3 Å². The van der Waals surface area contributed by atoms with E-state index >= 15 is 0 Å². The van der Waals surface area contributed by atoms with Gasteiger partial charge in [0.25, 0.3) is 0 Å². The van der Waals surface area contributed by atoms with E-state index in [-0.39, 0.29) is 18.7 Å². The smallest absolute Gasteiger partial charge is 0.423 e. The molecule has 0 amide bonds. The lowest BCUT2D eigenvalue weighted by Gasteiger charge is -2.15. The first-order valence-electron chi connectivity index (χ1n) is 9.44. The highest BCUT2D eigenvalue weighted by Gasteiger charge is 2.36. The number of ether oxygens (including phenoxy) is 2. The fraction of sp³-hybridized carbons (Fsp3) is 0.500. The Morgan fingerprint density at radius 2 is 1.82 bits per heavy atom. The first kappa shape index (κ1) is 21.8. The second kappa shape index (κ2) is 10.1. The van der Waals surface area contributed by atoms with E-state index in [1.807, 2.05) is 20.8 Å². The summed E-state index contributed by atoms with van der Waals surface area (Å²) in [5.41, 5.74) is -0.347. The molecule has 0 radical (unpaired) electrons. The molecule has 0 spiro atoms. The lowest BCUT2D eigenvalue weighted by atomic mass is 10.2. The summed E-state index contributed by atoms with van der Waals surface area (Å²) in [6.07, 6.45) is -0.354. The van der Waals surface area contributed by atoms with Gasteiger partial charge in [0.2, 0.25) is 11.8 Å². The summed E-state index contributed by atoms with van der Waals surface area (Å²) in [5.74, 6) is 0.292. The van der Waals surface area contributed by atoms with Crippen molar-refractivity contribution in [3.05, 3.63) is 36.0 Å².